The smallest absolute Gasteiger partial charge is 0.257 e. The third-order valence-corrected chi connectivity index (χ3v) is 7.59. The van der Waals surface area contributed by atoms with Crippen LogP contribution in [0.5, 0.6) is 0 Å². The van der Waals surface area contributed by atoms with E-state index in [0.717, 1.165) is 48.4 Å². The molecule has 3 aromatic rings. The molecule has 3 aliphatic heterocycles. The Kier molecular flexibility index (Phi) is 4.33. The maximum Gasteiger partial charge on any atom is 0.257 e. The first-order valence-electron chi connectivity index (χ1n) is 10.1. The minimum atomic E-state index is -0.488. The number of nitrogens with zero attached hydrogens (tertiary/aromatic N) is 3. The molecule has 0 saturated carbocycles. The Hall–Kier alpha value is -2.51. The van der Waals surface area contributed by atoms with Gasteiger partial charge in [0.25, 0.3) is 11.5 Å². The number of nitrogens with two attached hydrogens (primary N) is 1. The van der Waals surface area contributed by atoms with E-state index >= 15 is 0 Å². The van der Waals surface area contributed by atoms with E-state index in [-0.39, 0.29) is 11.5 Å². The molecule has 0 radical (unpaired) electrons. The predicted octanol–water partition coefficient (Wildman–Crippen LogP) is 2.97. The molecule has 1 atom stereocenters. The molecule has 0 spiro atoms. The van der Waals surface area contributed by atoms with Crippen LogP contribution in [0.15, 0.2) is 29.1 Å². The highest BCUT2D eigenvalue weighted by Crippen LogP contribution is 2.41. The van der Waals surface area contributed by atoms with Crippen molar-refractivity contribution >= 4 is 27.5 Å². The largest absolute Gasteiger partial charge is 0.366 e. The molecule has 3 saturated heterocycles. The minimum Gasteiger partial charge on any atom is -0.366 e. The van der Waals surface area contributed by atoms with Crippen LogP contribution in [0.4, 0.5) is 0 Å². The number of aromatic nitrogens is 2. The van der Waals surface area contributed by atoms with E-state index in [4.69, 9.17) is 10.7 Å². The molecular formula is C22H24N4O2S. The molecule has 2 bridgehead atoms. The van der Waals surface area contributed by atoms with Gasteiger partial charge in [-0.25, -0.2) is 4.98 Å². The minimum absolute atomic E-state index is 0.115. The standard InChI is InChI=1S/C22H24N4O2S/c1-12-9-17-18(10-13(12)2)29-22(24-17)26-19(27)4-3-15(21(23)28)20(26)16-11-25-7-5-14(16)6-8-25/h3-4,9-10,14,16H,5-8,11H2,1-2H3,(H2,23,28). The van der Waals surface area contributed by atoms with Gasteiger partial charge in [-0.05, 0) is 75.0 Å². The Morgan fingerprint density at radius 1 is 1.17 bits per heavy atom. The normalized spacial score (nSPS) is 23.6. The SMILES string of the molecule is Cc1cc2nc(-n3c(C4CN5CCC4CC5)c(C(N)=O)ccc3=O)sc2cc1C. The molecule has 1 amide bonds. The molecule has 5 heterocycles. The summed E-state index contributed by atoms with van der Waals surface area (Å²) >= 11 is 1.49. The highest BCUT2D eigenvalue weighted by molar-refractivity contribution is 7.20. The first-order chi connectivity index (χ1) is 13.9. The number of piperidine rings is 3. The Balaban J connectivity index is 1.75. The zero-order valence-electron chi connectivity index (χ0n) is 16.6. The van der Waals surface area contributed by atoms with Gasteiger partial charge in [-0.3, -0.25) is 14.2 Å². The summed E-state index contributed by atoms with van der Waals surface area (Å²) in [6, 6.07) is 7.20. The first kappa shape index (κ1) is 18.5. The number of carbonyl (C=O) groups is 1. The van der Waals surface area contributed by atoms with E-state index in [0.29, 0.717) is 16.6 Å². The van der Waals surface area contributed by atoms with Gasteiger partial charge in [0.1, 0.15) is 0 Å². The van der Waals surface area contributed by atoms with E-state index in [2.05, 4.69) is 30.9 Å². The van der Waals surface area contributed by atoms with Gasteiger partial charge in [-0.1, -0.05) is 11.3 Å². The third kappa shape index (κ3) is 3.00. The number of hydrogen-bond donors (Lipinski definition) is 1. The van der Waals surface area contributed by atoms with Crippen LogP contribution >= 0.6 is 11.3 Å². The number of aryl methyl sites for hydroxylation is 2. The second-order valence-corrected chi connectivity index (χ2v) is 9.32. The highest BCUT2D eigenvalue weighted by Gasteiger charge is 2.38. The number of benzene rings is 1. The van der Waals surface area contributed by atoms with Gasteiger partial charge in [-0.15, -0.1) is 0 Å². The zero-order chi connectivity index (χ0) is 20.3. The molecule has 3 fully saturated rings. The van der Waals surface area contributed by atoms with Crippen molar-refractivity contribution < 1.29 is 4.79 Å². The molecule has 2 N–H and O–H groups in total. The van der Waals surface area contributed by atoms with E-state index in [9.17, 15) is 9.59 Å². The number of primary amides is 1. The fourth-order valence-electron chi connectivity index (χ4n) is 4.86. The van der Waals surface area contributed by atoms with Crippen molar-refractivity contribution in [3.05, 3.63) is 57.0 Å². The quantitative estimate of drug-likeness (QED) is 0.722. The third-order valence-electron chi connectivity index (χ3n) is 6.59. The zero-order valence-corrected chi connectivity index (χ0v) is 17.5. The van der Waals surface area contributed by atoms with Crippen LogP contribution < -0.4 is 11.3 Å². The average Bonchev–Trinajstić information content (AvgIpc) is 3.10. The number of carbonyl (C=O) groups excluding carboxylic acids is 1. The number of hydrogen-bond acceptors (Lipinski definition) is 5. The summed E-state index contributed by atoms with van der Waals surface area (Å²) in [5.41, 5.74) is 10.0. The highest BCUT2D eigenvalue weighted by atomic mass is 32.1. The fraction of sp³-hybridized carbons (Fsp3) is 0.409. The van der Waals surface area contributed by atoms with Gasteiger partial charge >= 0.3 is 0 Å². The predicted molar refractivity (Wildman–Crippen MR) is 115 cm³/mol. The summed E-state index contributed by atoms with van der Waals surface area (Å²) in [5, 5.41) is 0.615. The number of thiazole rings is 1. The van der Waals surface area contributed by atoms with Gasteiger partial charge < -0.3 is 10.6 Å². The molecule has 29 heavy (non-hydrogen) atoms. The lowest BCUT2D eigenvalue weighted by Gasteiger charge is -2.45. The van der Waals surface area contributed by atoms with Crippen molar-refractivity contribution in [2.75, 3.05) is 19.6 Å². The first-order valence-corrected chi connectivity index (χ1v) is 10.9. The van der Waals surface area contributed by atoms with Crippen molar-refractivity contribution in [1.82, 2.24) is 14.5 Å². The summed E-state index contributed by atoms with van der Waals surface area (Å²) < 4.78 is 2.70. The van der Waals surface area contributed by atoms with Crippen LogP contribution in [0.2, 0.25) is 0 Å². The molecule has 6 rings (SSSR count). The van der Waals surface area contributed by atoms with Crippen LogP contribution in [-0.2, 0) is 0 Å². The molecule has 150 valence electrons. The molecule has 1 unspecified atom stereocenters. The van der Waals surface area contributed by atoms with Crippen molar-refractivity contribution in [2.24, 2.45) is 11.7 Å². The van der Waals surface area contributed by atoms with Gasteiger partial charge in [0.2, 0.25) is 0 Å². The van der Waals surface area contributed by atoms with Crippen LogP contribution in [0.1, 0.15) is 45.9 Å². The summed E-state index contributed by atoms with van der Waals surface area (Å²) in [6.45, 7) is 7.17. The lowest BCUT2D eigenvalue weighted by atomic mass is 9.76. The van der Waals surface area contributed by atoms with Gasteiger partial charge in [0.05, 0.1) is 15.8 Å². The maximum atomic E-state index is 13.0. The molecular weight excluding hydrogens is 384 g/mol. The number of rotatable bonds is 3. The number of fused-ring (bicyclic) bond motifs is 4. The molecule has 1 aromatic carbocycles. The van der Waals surface area contributed by atoms with E-state index < -0.39 is 5.91 Å². The van der Waals surface area contributed by atoms with E-state index in [1.54, 1.807) is 10.6 Å². The Morgan fingerprint density at radius 2 is 1.90 bits per heavy atom. The molecule has 0 aliphatic carbocycles. The van der Waals surface area contributed by atoms with Crippen LogP contribution in [0, 0.1) is 19.8 Å². The average molecular weight is 409 g/mol. The van der Waals surface area contributed by atoms with Crippen molar-refractivity contribution in [3.63, 3.8) is 0 Å². The van der Waals surface area contributed by atoms with Crippen molar-refractivity contribution in [3.8, 4) is 5.13 Å². The molecule has 6 nitrogen and oxygen atoms in total. The Morgan fingerprint density at radius 3 is 2.55 bits per heavy atom. The summed E-state index contributed by atoms with van der Waals surface area (Å²) in [4.78, 5) is 32.5. The number of pyridine rings is 1. The summed E-state index contributed by atoms with van der Waals surface area (Å²) in [6.07, 6.45) is 2.17. The Bertz CT molecular complexity index is 1150. The monoisotopic (exact) mass is 408 g/mol. The molecule has 7 heteroatoms. The second kappa shape index (κ2) is 6.78. The van der Waals surface area contributed by atoms with Crippen LogP contribution in [0.25, 0.3) is 15.3 Å². The summed E-state index contributed by atoms with van der Waals surface area (Å²) in [5.74, 6) is 0.0902. The molecule has 3 aliphatic rings. The van der Waals surface area contributed by atoms with Crippen LogP contribution in [-0.4, -0.2) is 40.0 Å². The van der Waals surface area contributed by atoms with Crippen molar-refractivity contribution in [1.29, 1.82) is 0 Å². The van der Waals surface area contributed by atoms with Crippen LogP contribution in [0.3, 0.4) is 0 Å². The van der Waals surface area contributed by atoms with Gasteiger partial charge in [0, 0.05) is 24.2 Å². The maximum absolute atomic E-state index is 13.0. The van der Waals surface area contributed by atoms with Crippen molar-refractivity contribution in [2.45, 2.75) is 32.6 Å². The second-order valence-electron chi connectivity index (χ2n) is 8.32. The van der Waals surface area contributed by atoms with Gasteiger partial charge in [0.15, 0.2) is 5.13 Å². The topological polar surface area (TPSA) is 81.2 Å². The summed E-state index contributed by atoms with van der Waals surface area (Å²) in [7, 11) is 0. The Labute approximate surface area is 173 Å². The van der Waals surface area contributed by atoms with Gasteiger partial charge in [-0.2, -0.15) is 0 Å². The number of amides is 1. The lowest BCUT2D eigenvalue weighted by Crippen LogP contribution is -2.48. The lowest BCUT2D eigenvalue weighted by molar-refractivity contribution is 0.0829. The van der Waals surface area contributed by atoms with E-state index in [1.807, 2.05) is 0 Å². The molecule has 2 aromatic heterocycles. The fourth-order valence-corrected chi connectivity index (χ4v) is 5.93. The van der Waals surface area contributed by atoms with E-state index in [1.165, 1.54) is 28.5 Å².